The lowest BCUT2D eigenvalue weighted by atomic mass is 9.44. The molecule has 8 rings (SSSR count). The maximum atomic E-state index is 14.4. The fourth-order valence-corrected chi connectivity index (χ4v) is 20.1. The quantitative estimate of drug-likeness (QED) is 0.127. The Morgan fingerprint density at radius 1 is 0.557 bits per heavy atom. The number of esters is 3. The largest absolute Gasteiger partial charge is 0.481 e. The van der Waals surface area contributed by atoms with Crippen LogP contribution >= 0.6 is 0 Å². The molecule has 0 aromatic rings. The van der Waals surface area contributed by atoms with Crippen LogP contribution in [-0.4, -0.2) is 46.8 Å². The standard InChI is InChI=1S/C62H102O8/c1-14-58(9,37-57(7,8)54(66)68-42-27-31-59(10)40(35-42)17-19-44-48-23-21-46(38(2)15-25-52(63)64)61(48,12)33-29-50(44)59)55(67)69-43-28-32-60(11)41(36-43)18-20-45-49-24-22-47(62(49,13)34-30-51(45)60)39(3)16-26-53(65)70-56(4,5)6/h38-51H,14-37H2,1-13H3,(H,63,64). The van der Waals surface area contributed by atoms with Crippen LogP contribution in [0.1, 0.15) is 244 Å². The Bertz CT molecular complexity index is 1920. The average Bonchev–Trinajstić information content (AvgIpc) is 3.83. The first kappa shape index (κ1) is 54.2. The number of hydrogen-bond donors (Lipinski definition) is 1. The molecule has 19 unspecified atom stereocenters. The molecule has 0 radical (unpaired) electrons. The van der Waals surface area contributed by atoms with Crippen LogP contribution in [0.4, 0.5) is 0 Å². The molecule has 19 atom stereocenters. The minimum atomic E-state index is -0.815. The number of fused-ring (bicyclic) bond motifs is 10. The number of carboxylic acids is 1. The first-order valence-corrected chi connectivity index (χ1v) is 29.5. The smallest absolute Gasteiger partial charge is 0.312 e. The first-order valence-electron chi connectivity index (χ1n) is 29.5. The van der Waals surface area contributed by atoms with Crippen LogP contribution in [0, 0.1) is 104 Å². The summed E-state index contributed by atoms with van der Waals surface area (Å²) in [7, 11) is 0. The Balaban J connectivity index is 0.817. The third-order valence-corrected chi connectivity index (χ3v) is 24.0. The summed E-state index contributed by atoms with van der Waals surface area (Å²) in [5.41, 5.74) is -0.793. The van der Waals surface area contributed by atoms with Gasteiger partial charge in [-0.05, 0) is 275 Å². The highest BCUT2D eigenvalue weighted by atomic mass is 16.6. The minimum absolute atomic E-state index is 0.0617. The third-order valence-electron chi connectivity index (χ3n) is 24.0. The predicted octanol–water partition coefficient (Wildman–Crippen LogP) is 15.2. The van der Waals surface area contributed by atoms with Crippen LogP contribution in [0.15, 0.2) is 0 Å². The van der Waals surface area contributed by atoms with Crippen molar-refractivity contribution in [2.75, 3.05) is 0 Å². The monoisotopic (exact) mass is 975 g/mol. The highest BCUT2D eigenvalue weighted by Crippen LogP contribution is 2.70. The Labute approximate surface area is 426 Å². The van der Waals surface area contributed by atoms with Crippen molar-refractivity contribution in [3.63, 3.8) is 0 Å². The van der Waals surface area contributed by atoms with Gasteiger partial charge in [-0.25, -0.2) is 0 Å². The van der Waals surface area contributed by atoms with Crippen molar-refractivity contribution in [1.82, 2.24) is 0 Å². The van der Waals surface area contributed by atoms with Crippen molar-refractivity contribution < 1.29 is 38.5 Å². The molecule has 8 heteroatoms. The molecule has 70 heavy (non-hydrogen) atoms. The predicted molar refractivity (Wildman–Crippen MR) is 277 cm³/mol. The molecule has 8 aliphatic rings. The summed E-state index contributed by atoms with van der Waals surface area (Å²) >= 11 is 0. The zero-order valence-corrected chi connectivity index (χ0v) is 46.9. The van der Waals surface area contributed by atoms with Gasteiger partial charge < -0.3 is 19.3 Å². The van der Waals surface area contributed by atoms with Gasteiger partial charge in [0.05, 0.1) is 10.8 Å². The summed E-state index contributed by atoms with van der Waals surface area (Å²) in [6.07, 6.45) is 24.7. The van der Waals surface area contributed by atoms with E-state index in [1.807, 2.05) is 41.5 Å². The summed E-state index contributed by atoms with van der Waals surface area (Å²) < 4.78 is 18.8. The number of hydrogen-bond acceptors (Lipinski definition) is 7. The molecule has 0 aromatic heterocycles. The Morgan fingerprint density at radius 3 is 1.43 bits per heavy atom. The summed E-state index contributed by atoms with van der Waals surface area (Å²) in [5.74, 6) is 6.85. The van der Waals surface area contributed by atoms with E-state index in [-0.39, 0.29) is 47.4 Å². The van der Waals surface area contributed by atoms with E-state index in [2.05, 4.69) is 48.5 Å². The van der Waals surface area contributed by atoms with Gasteiger partial charge in [0.25, 0.3) is 0 Å². The zero-order chi connectivity index (χ0) is 51.0. The van der Waals surface area contributed by atoms with Gasteiger partial charge in [-0.1, -0.05) is 48.5 Å². The Hall–Kier alpha value is -2.12. The Morgan fingerprint density at radius 2 is 0.986 bits per heavy atom. The van der Waals surface area contributed by atoms with Gasteiger partial charge in [0, 0.05) is 12.8 Å². The van der Waals surface area contributed by atoms with E-state index in [4.69, 9.17) is 14.2 Å². The van der Waals surface area contributed by atoms with Crippen LogP contribution < -0.4 is 0 Å². The summed E-state index contributed by atoms with van der Waals surface area (Å²) in [5, 5.41) is 9.39. The SMILES string of the molecule is CCC(C)(CC(C)(C)C(=O)OC1CCC2(C)C(CCC3C2CCC2(C)C(C(C)CCC(=O)O)CCC32)C1)C(=O)OC1CCC2(C)C(CCC3C2CCC2(C)C(C(C)CCC(=O)OC(C)(C)C)CCC32)C1. The topological polar surface area (TPSA) is 116 Å². The van der Waals surface area contributed by atoms with E-state index in [1.54, 1.807) is 0 Å². The van der Waals surface area contributed by atoms with E-state index in [9.17, 15) is 24.3 Å². The van der Waals surface area contributed by atoms with Gasteiger partial charge >= 0.3 is 23.9 Å². The van der Waals surface area contributed by atoms with E-state index in [1.165, 1.54) is 77.0 Å². The molecular formula is C62H102O8. The van der Waals surface area contributed by atoms with Crippen molar-refractivity contribution in [2.24, 2.45) is 104 Å². The molecule has 8 nitrogen and oxygen atoms in total. The summed E-state index contributed by atoms with van der Waals surface area (Å²) in [4.78, 5) is 52.7. The van der Waals surface area contributed by atoms with Crippen molar-refractivity contribution in [1.29, 1.82) is 0 Å². The molecule has 0 saturated heterocycles. The second-order valence-corrected chi connectivity index (χ2v) is 29.4. The molecule has 398 valence electrons. The van der Waals surface area contributed by atoms with Crippen molar-refractivity contribution >= 4 is 23.9 Å². The van der Waals surface area contributed by atoms with E-state index in [0.717, 1.165) is 86.9 Å². The van der Waals surface area contributed by atoms with Crippen LogP contribution in [-0.2, 0) is 33.4 Å². The number of rotatable bonds is 15. The van der Waals surface area contributed by atoms with E-state index < -0.39 is 22.4 Å². The van der Waals surface area contributed by atoms with Crippen LogP contribution in [0.2, 0.25) is 0 Å². The van der Waals surface area contributed by atoms with Gasteiger partial charge in [0.2, 0.25) is 0 Å². The van der Waals surface area contributed by atoms with Crippen molar-refractivity contribution in [3.05, 3.63) is 0 Å². The van der Waals surface area contributed by atoms with Crippen LogP contribution in [0.25, 0.3) is 0 Å². The number of carboxylic acid groups (broad SMARTS) is 1. The fourth-order valence-electron chi connectivity index (χ4n) is 20.1. The maximum absolute atomic E-state index is 14.4. The molecule has 0 aliphatic heterocycles. The van der Waals surface area contributed by atoms with Gasteiger partial charge in [0.15, 0.2) is 0 Å². The summed E-state index contributed by atoms with van der Waals surface area (Å²) in [6, 6.07) is 0. The number of carbonyl (C=O) groups excluding carboxylic acids is 3. The van der Waals surface area contributed by atoms with Gasteiger partial charge in [-0.2, -0.15) is 0 Å². The lowest BCUT2D eigenvalue weighted by Crippen LogP contribution is -2.54. The number of carbonyl (C=O) groups is 4. The fraction of sp³-hybridized carbons (Fsp3) is 0.935. The molecule has 0 aromatic carbocycles. The van der Waals surface area contributed by atoms with Gasteiger partial charge in [-0.3, -0.25) is 19.2 Å². The molecule has 1 N–H and O–H groups in total. The Kier molecular flexibility index (Phi) is 15.4. The molecule has 8 saturated carbocycles. The number of ether oxygens (including phenoxy) is 3. The second-order valence-electron chi connectivity index (χ2n) is 29.4. The molecule has 0 bridgehead atoms. The van der Waals surface area contributed by atoms with Crippen LogP contribution in [0.5, 0.6) is 0 Å². The maximum Gasteiger partial charge on any atom is 0.312 e. The van der Waals surface area contributed by atoms with Crippen molar-refractivity contribution in [2.45, 2.75) is 262 Å². The molecular weight excluding hydrogens is 873 g/mol. The average molecular weight is 975 g/mol. The lowest BCUT2D eigenvalue weighted by molar-refractivity contribution is -0.179. The second kappa shape index (κ2) is 19.9. The van der Waals surface area contributed by atoms with Gasteiger partial charge in [0.1, 0.15) is 17.8 Å². The normalized spacial score (nSPS) is 43.0. The van der Waals surface area contributed by atoms with Crippen molar-refractivity contribution in [3.8, 4) is 0 Å². The number of aliphatic carboxylic acids is 1. The molecule has 8 fully saturated rings. The zero-order valence-electron chi connectivity index (χ0n) is 46.9. The van der Waals surface area contributed by atoms with E-state index in [0.29, 0.717) is 65.6 Å². The summed E-state index contributed by atoms with van der Waals surface area (Å²) in [6.45, 7) is 29.0. The molecule has 8 aliphatic carbocycles. The molecule has 0 amide bonds. The molecule has 0 heterocycles. The highest BCUT2D eigenvalue weighted by molar-refractivity contribution is 5.80. The van der Waals surface area contributed by atoms with E-state index >= 15 is 0 Å². The highest BCUT2D eigenvalue weighted by Gasteiger charge is 2.63. The molecule has 0 spiro atoms. The third kappa shape index (κ3) is 10.1. The minimum Gasteiger partial charge on any atom is -0.481 e. The van der Waals surface area contributed by atoms with Gasteiger partial charge in [-0.15, -0.1) is 0 Å². The lowest BCUT2D eigenvalue weighted by Gasteiger charge is -2.61. The van der Waals surface area contributed by atoms with Crippen LogP contribution in [0.3, 0.4) is 0 Å². The first-order chi connectivity index (χ1) is 32.7.